The summed E-state index contributed by atoms with van der Waals surface area (Å²) < 4.78 is 1.77. The molecule has 0 aliphatic carbocycles. The van der Waals surface area contributed by atoms with Gasteiger partial charge in [-0.25, -0.2) is 0 Å². The smallest absolute Gasteiger partial charge is 0.255 e. The fourth-order valence-corrected chi connectivity index (χ4v) is 3.91. The largest absolute Gasteiger partial charge is 0.339 e. The van der Waals surface area contributed by atoms with Crippen LogP contribution in [0.1, 0.15) is 60.6 Å². The second kappa shape index (κ2) is 10.4. The van der Waals surface area contributed by atoms with E-state index >= 15 is 0 Å². The number of piperidine rings is 1. The van der Waals surface area contributed by atoms with Crippen molar-refractivity contribution in [3.05, 3.63) is 52.3 Å². The minimum atomic E-state index is -0.314. The van der Waals surface area contributed by atoms with E-state index in [1.165, 1.54) is 6.08 Å². The van der Waals surface area contributed by atoms with Gasteiger partial charge in [0.2, 0.25) is 5.91 Å². The third kappa shape index (κ3) is 5.30. The number of unbranched alkanes of at least 4 members (excludes halogenated alkanes) is 1. The van der Waals surface area contributed by atoms with Crippen molar-refractivity contribution in [2.24, 2.45) is 0 Å². The van der Waals surface area contributed by atoms with Crippen molar-refractivity contribution in [2.75, 3.05) is 18.4 Å². The summed E-state index contributed by atoms with van der Waals surface area (Å²) in [5.74, 6) is -0.351. The Hall–Kier alpha value is -2.60. The fraction of sp³-hybridized carbons (Fsp3) is 0.435. The molecule has 1 aromatic heterocycles. The number of para-hydroxylation sites is 1. The van der Waals surface area contributed by atoms with Gasteiger partial charge in [-0.1, -0.05) is 37.1 Å². The highest BCUT2D eigenvalue weighted by molar-refractivity contribution is 6.31. The van der Waals surface area contributed by atoms with E-state index < -0.39 is 0 Å². The number of aryl methyl sites for hydroxylation is 2. The summed E-state index contributed by atoms with van der Waals surface area (Å²) >= 11 is 6.43. The number of nitrogens with zero attached hydrogens (tertiary/aromatic N) is 3. The van der Waals surface area contributed by atoms with E-state index in [0.29, 0.717) is 16.4 Å². The first kappa shape index (κ1) is 22.1. The Bertz CT molecular complexity index is 929. The molecule has 1 aliphatic heterocycles. The molecule has 3 rings (SSSR count). The van der Waals surface area contributed by atoms with Crippen LogP contribution in [0.3, 0.4) is 0 Å². The number of anilines is 1. The predicted molar refractivity (Wildman–Crippen MR) is 121 cm³/mol. The van der Waals surface area contributed by atoms with Crippen LogP contribution >= 0.6 is 11.6 Å². The first-order valence-electron chi connectivity index (χ1n) is 10.6. The zero-order valence-corrected chi connectivity index (χ0v) is 18.4. The van der Waals surface area contributed by atoms with E-state index in [1.54, 1.807) is 22.9 Å². The lowest BCUT2D eigenvalue weighted by Crippen LogP contribution is -2.36. The van der Waals surface area contributed by atoms with E-state index in [0.717, 1.165) is 63.0 Å². The molecule has 0 unspecified atom stereocenters. The van der Waals surface area contributed by atoms with Gasteiger partial charge in [-0.3, -0.25) is 14.3 Å². The minimum Gasteiger partial charge on any atom is -0.339 e. The van der Waals surface area contributed by atoms with Gasteiger partial charge in [-0.15, -0.1) is 0 Å². The molecule has 6 nitrogen and oxygen atoms in total. The monoisotopic (exact) mass is 428 g/mol. The second-order valence-electron chi connectivity index (χ2n) is 7.59. The Morgan fingerprint density at radius 1 is 1.20 bits per heavy atom. The molecule has 1 N–H and O–H groups in total. The summed E-state index contributed by atoms with van der Waals surface area (Å²) in [6, 6.07) is 7.14. The Labute approximate surface area is 182 Å². The van der Waals surface area contributed by atoms with Crippen LogP contribution in [-0.4, -0.2) is 39.6 Å². The first-order valence-corrected chi connectivity index (χ1v) is 11.0. The average molecular weight is 429 g/mol. The van der Waals surface area contributed by atoms with Gasteiger partial charge in [0, 0.05) is 31.3 Å². The molecule has 7 heteroatoms. The van der Waals surface area contributed by atoms with Crippen molar-refractivity contribution in [1.82, 2.24) is 14.7 Å². The number of benzene rings is 1. The van der Waals surface area contributed by atoms with Crippen molar-refractivity contribution < 1.29 is 9.59 Å². The van der Waals surface area contributed by atoms with Crippen molar-refractivity contribution in [3.8, 4) is 0 Å². The van der Waals surface area contributed by atoms with Crippen LogP contribution < -0.4 is 5.32 Å². The topological polar surface area (TPSA) is 67.2 Å². The SMILES string of the molecule is CCCCn1nc(C)c(C=CC(=O)Nc2ccccc2C(=O)N2CCCCC2)c1Cl. The Balaban J connectivity index is 1.71. The second-order valence-corrected chi connectivity index (χ2v) is 7.95. The van der Waals surface area contributed by atoms with Gasteiger partial charge >= 0.3 is 0 Å². The number of rotatable bonds is 7. The highest BCUT2D eigenvalue weighted by Crippen LogP contribution is 2.23. The Kier molecular flexibility index (Phi) is 7.69. The van der Waals surface area contributed by atoms with Crippen molar-refractivity contribution in [2.45, 2.75) is 52.5 Å². The third-order valence-electron chi connectivity index (χ3n) is 5.29. The summed E-state index contributed by atoms with van der Waals surface area (Å²) in [5.41, 5.74) is 2.55. The summed E-state index contributed by atoms with van der Waals surface area (Å²) in [5, 5.41) is 7.82. The van der Waals surface area contributed by atoms with Crippen LogP contribution in [0, 0.1) is 6.92 Å². The molecule has 1 saturated heterocycles. The Morgan fingerprint density at radius 3 is 2.67 bits per heavy atom. The molecule has 2 heterocycles. The molecular weight excluding hydrogens is 400 g/mol. The lowest BCUT2D eigenvalue weighted by Gasteiger charge is -2.27. The molecule has 1 fully saturated rings. The molecular formula is C23H29ClN4O2. The van der Waals surface area contributed by atoms with Crippen molar-refractivity contribution >= 4 is 35.2 Å². The predicted octanol–water partition coefficient (Wildman–Crippen LogP) is 4.92. The number of amides is 2. The molecule has 0 bridgehead atoms. The lowest BCUT2D eigenvalue weighted by atomic mass is 10.1. The van der Waals surface area contributed by atoms with Gasteiger partial charge in [0.1, 0.15) is 5.15 Å². The standard InChI is InChI=1S/C23H29ClN4O2/c1-3-4-16-28-22(24)18(17(2)26-28)12-13-21(29)25-20-11-7-6-10-19(20)23(30)27-14-8-5-9-15-27/h6-7,10-13H,3-5,8-9,14-16H2,1-2H3,(H,25,29). The van der Waals surface area contributed by atoms with Crippen LogP contribution in [0.2, 0.25) is 5.15 Å². The zero-order chi connectivity index (χ0) is 21.5. The van der Waals surface area contributed by atoms with E-state index in [9.17, 15) is 9.59 Å². The van der Waals surface area contributed by atoms with Crippen LogP contribution in [-0.2, 0) is 11.3 Å². The highest BCUT2D eigenvalue weighted by atomic mass is 35.5. The summed E-state index contributed by atoms with van der Waals surface area (Å²) in [4.78, 5) is 27.3. The summed E-state index contributed by atoms with van der Waals surface area (Å²) in [7, 11) is 0. The maximum atomic E-state index is 12.9. The number of hydrogen-bond acceptors (Lipinski definition) is 3. The van der Waals surface area contributed by atoms with Gasteiger partial charge in [0.05, 0.1) is 16.9 Å². The highest BCUT2D eigenvalue weighted by Gasteiger charge is 2.21. The Morgan fingerprint density at radius 2 is 1.93 bits per heavy atom. The first-order chi connectivity index (χ1) is 14.5. The van der Waals surface area contributed by atoms with Crippen LogP contribution in [0.15, 0.2) is 30.3 Å². The van der Waals surface area contributed by atoms with E-state index in [-0.39, 0.29) is 11.8 Å². The van der Waals surface area contributed by atoms with Crippen molar-refractivity contribution in [3.63, 3.8) is 0 Å². The zero-order valence-electron chi connectivity index (χ0n) is 17.7. The lowest BCUT2D eigenvalue weighted by molar-refractivity contribution is -0.111. The molecule has 1 aromatic carbocycles. The van der Waals surface area contributed by atoms with Crippen LogP contribution in [0.5, 0.6) is 0 Å². The fourth-order valence-electron chi connectivity index (χ4n) is 3.59. The van der Waals surface area contributed by atoms with Crippen molar-refractivity contribution in [1.29, 1.82) is 0 Å². The molecule has 0 atom stereocenters. The molecule has 0 saturated carbocycles. The number of hydrogen-bond donors (Lipinski definition) is 1. The van der Waals surface area contributed by atoms with Crippen LogP contribution in [0.4, 0.5) is 5.69 Å². The van der Waals surface area contributed by atoms with Gasteiger partial charge in [-0.2, -0.15) is 5.10 Å². The minimum absolute atomic E-state index is 0.0364. The number of halogens is 1. The van der Waals surface area contributed by atoms with Gasteiger partial charge < -0.3 is 10.2 Å². The number of nitrogens with one attached hydrogen (secondary N) is 1. The van der Waals surface area contributed by atoms with Gasteiger partial charge in [0.25, 0.3) is 5.91 Å². The molecule has 2 aromatic rings. The summed E-state index contributed by atoms with van der Waals surface area (Å²) in [6.45, 7) is 6.27. The molecule has 0 spiro atoms. The molecule has 160 valence electrons. The number of likely N-dealkylation sites (tertiary alicyclic amines) is 1. The van der Waals surface area contributed by atoms with E-state index in [4.69, 9.17) is 11.6 Å². The van der Waals surface area contributed by atoms with E-state index in [2.05, 4.69) is 17.3 Å². The quantitative estimate of drug-likeness (QED) is 0.636. The number of carbonyl (C=O) groups is 2. The molecule has 0 radical (unpaired) electrons. The third-order valence-corrected chi connectivity index (χ3v) is 5.69. The number of aromatic nitrogens is 2. The molecule has 2 amide bonds. The summed E-state index contributed by atoms with van der Waals surface area (Å²) in [6.07, 6.45) is 8.36. The number of carbonyl (C=O) groups excluding carboxylic acids is 2. The maximum Gasteiger partial charge on any atom is 0.255 e. The van der Waals surface area contributed by atoms with Crippen LogP contribution in [0.25, 0.3) is 6.08 Å². The maximum absolute atomic E-state index is 12.9. The molecule has 30 heavy (non-hydrogen) atoms. The van der Waals surface area contributed by atoms with Gasteiger partial charge in [0.15, 0.2) is 0 Å². The molecule has 1 aliphatic rings. The normalized spacial score (nSPS) is 14.3. The van der Waals surface area contributed by atoms with E-state index in [1.807, 2.05) is 24.0 Å². The average Bonchev–Trinajstić information content (AvgIpc) is 3.03. The van der Waals surface area contributed by atoms with Gasteiger partial charge in [-0.05, 0) is 50.8 Å².